The van der Waals surface area contributed by atoms with Gasteiger partial charge < -0.3 is 10.6 Å². The molecule has 3 heterocycles. The van der Waals surface area contributed by atoms with Gasteiger partial charge >= 0.3 is 0 Å². The number of fused-ring (bicyclic) bond motifs is 1. The average Bonchev–Trinajstić information content (AvgIpc) is 2.87. The summed E-state index contributed by atoms with van der Waals surface area (Å²) in [5.74, 6) is -0.0272. The Kier molecular flexibility index (Phi) is 3.72. The molecule has 0 spiro atoms. The van der Waals surface area contributed by atoms with Crippen LogP contribution in [0.5, 0.6) is 0 Å². The number of amides is 1. The van der Waals surface area contributed by atoms with Gasteiger partial charge in [-0.25, -0.2) is 4.98 Å². The molecule has 0 saturated heterocycles. The van der Waals surface area contributed by atoms with Crippen molar-refractivity contribution >= 4 is 33.4 Å². The molecular formula is C17H18N4O2S. The van der Waals surface area contributed by atoms with Crippen LogP contribution in [-0.2, 0) is 0 Å². The number of nitrogens with one attached hydrogen (secondary N) is 1. The minimum Gasteiger partial charge on any atom is -0.369 e. The van der Waals surface area contributed by atoms with Crippen molar-refractivity contribution in [2.75, 3.05) is 18.8 Å². The molecule has 0 radical (unpaired) electrons. The molecule has 3 N–H and O–H groups in total. The molecule has 0 saturated carbocycles. The van der Waals surface area contributed by atoms with Crippen molar-refractivity contribution in [3.05, 3.63) is 44.6 Å². The van der Waals surface area contributed by atoms with E-state index in [0.717, 1.165) is 25.7 Å². The fourth-order valence-corrected chi connectivity index (χ4v) is 4.29. The van der Waals surface area contributed by atoms with E-state index in [1.807, 2.05) is 4.90 Å². The normalized spacial score (nSPS) is 17.9. The van der Waals surface area contributed by atoms with Crippen LogP contribution in [0.4, 0.5) is 5.95 Å². The van der Waals surface area contributed by atoms with Gasteiger partial charge in [0.05, 0.1) is 5.56 Å². The van der Waals surface area contributed by atoms with Crippen LogP contribution < -0.4 is 11.3 Å². The largest absolute Gasteiger partial charge is 0.369 e. The minimum atomic E-state index is -0.292. The third-order valence-electron chi connectivity index (χ3n) is 4.68. The Hall–Kier alpha value is -2.41. The summed E-state index contributed by atoms with van der Waals surface area (Å²) in [5, 5.41) is 1.72. The van der Waals surface area contributed by atoms with Crippen LogP contribution in [0, 0.1) is 0 Å². The van der Waals surface area contributed by atoms with Gasteiger partial charge in [-0.2, -0.15) is 0 Å². The maximum atomic E-state index is 13.0. The number of carbonyl (C=O) groups excluding carboxylic acids is 1. The van der Waals surface area contributed by atoms with Crippen molar-refractivity contribution < 1.29 is 4.79 Å². The number of nitrogen functional groups attached to an aromatic ring is 1. The third-order valence-corrected chi connectivity index (χ3v) is 5.65. The summed E-state index contributed by atoms with van der Waals surface area (Å²) in [6, 6.07) is 0. The number of H-pyrrole nitrogens is 1. The minimum absolute atomic E-state index is 0.0399. The smallest absolute Gasteiger partial charge is 0.270 e. The maximum Gasteiger partial charge on any atom is 0.270 e. The number of thiophene rings is 1. The van der Waals surface area contributed by atoms with Gasteiger partial charge in [-0.15, -0.1) is 11.3 Å². The van der Waals surface area contributed by atoms with E-state index >= 15 is 0 Å². The third kappa shape index (κ3) is 2.54. The highest BCUT2D eigenvalue weighted by Gasteiger charge is 2.24. The second kappa shape index (κ2) is 5.90. The molecule has 0 bridgehead atoms. The molecule has 1 aliphatic carbocycles. The zero-order valence-corrected chi connectivity index (χ0v) is 14.0. The lowest BCUT2D eigenvalue weighted by Crippen LogP contribution is -2.32. The Morgan fingerprint density at radius 1 is 1.29 bits per heavy atom. The number of hydrogen-bond donors (Lipinski definition) is 2. The van der Waals surface area contributed by atoms with Crippen molar-refractivity contribution in [3.8, 4) is 0 Å². The van der Waals surface area contributed by atoms with Gasteiger partial charge in [0.1, 0.15) is 10.2 Å². The molecule has 7 heteroatoms. The maximum absolute atomic E-state index is 13.0. The van der Waals surface area contributed by atoms with Gasteiger partial charge in [0.15, 0.2) is 0 Å². The molecule has 24 heavy (non-hydrogen) atoms. The summed E-state index contributed by atoms with van der Waals surface area (Å²) in [4.78, 5) is 33.4. The van der Waals surface area contributed by atoms with E-state index in [-0.39, 0.29) is 17.4 Å². The lowest BCUT2D eigenvalue weighted by atomic mass is 9.94. The van der Waals surface area contributed by atoms with E-state index in [1.165, 1.54) is 22.5 Å². The second-order valence-corrected chi connectivity index (χ2v) is 7.02. The molecule has 6 nitrogen and oxygen atoms in total. The highest BCUT2D eigenvalue weighted by atomic mass is 32.1. The van der Waals surface area contributed by atoms with Gasteiger partial charge in [0, 0.05) is 18.5 Å². The highest BCUT2D eigenvalue weighted by molar-refractivity contribution is 7.17. The van der Waals surface area contributed by atoms with Crippen LogP contribution in [0.15, 0.2) is 33.5 Å². The van der Waals surface area contributed by atoms with E-state index in [4.69, 9.17) is 5.73 Å². The molecule has 1 aliphatic heterocycles. The number of anilines is 1. The molecule has 2 aromatic rings. The van der Waals surface area contributed by atoms with Crippen LogP contribution in [0.1, 0.15) is 36.0 Å². The van der Waals surface area contributed by atoms with Gasteiger partial charge in [-0.3, -0.25) is 14.6 Å². The summed E-state index contributed by atoms with van der Waals surface area (Å²) in [6.45, 7) is 1.40. The van der Waals surface area contributed by atoms with Crippen LogP contribution >= 0.6 is 11.3 Å². The topological polar surface area (TPSA) is 92.1 Å². The first-order valence-corrected chi connectivity index (χ1v) is 8.95. The monoisotopic (exact) mass is 342 g/mol. The van der Waals surface area contributed by atoms with Gasteiger partial charge in [0.25, 0.3) is 11.5 Å². The number of allylic oxidation sites excluding steroid dienone is 2. The zero-order valence-electron chi connectivity index (χ0n) is 13.2. The van der Waals surface area contributed by atoms with Crippen molar-refractivity contribution in [3.63, 3.8) is 0 Å². The Morgan fingerprint density at radius 3 is 3.00 bits per heavy atom. The van der Waals surface area contributed by atoms with E-state index in [9.17, 15) is 9.59 Å². The first-order chi connectivity index (χ1) is 11.6. The number of carbonyl (C=O) groups is 1. The molecule has 0 aromatic carbocycles. The number of nitrogens with zero attached hydrogens (tertiary/aromatic N) is 2. The zero-order chi connectivity index (χ0) is 16.7. The summed E-state index contributed by atoms with van der Waals surface area (Å²) in [5.41, 5.74) is 9.08. The van der Waals surface area contributed by atoms with Crippen molar-refractivity contribution in [2.45, 2.75) is 25.7 Å². The molecule has 124 valence electrons. The fourth-order valence-electron chi connectivity index (χ4n) is 3.41. The quantitative estimate of drug-likeness (QED) is 0.832. The molecule has 4 rings (SSSR count). The number of hydrogen-bond acceptors (Lipinski definition) is 5. The fraction of sp³-hybridized carbons (Fsp3) is 0.353. The SMILES string of the molecule is Nc1nc2c(C(=O)N3CCC4=C(CCC=C4)CC3)csc2c(=O)[nH]1. The van der Waals surface area contributed by atoms with E-state index < -0.39 is 0 Å². The number of nitrogens with two attached hydrogens (primary N) is 1. The Bertz CT molecular complexity index is 938. The summed E-state index contributed by atoms with van der Waals surface area (Å²) in [7, 11) is 0. The Labute approximate surface area is 142 Å². The van der Waals surface area contributed by atoms with E-state index in [1.54, 1.807) is 5.38 Å². The molecule has 0 atom stereocenters. The molecular weight excluding hydrogens is 324 g/mol. The number of aromatic amines is 1. The average molecular weight is 342 g/mol. The van der Waals surface area contributed by atoms with Crippen LogP contribution in [0.3, 0.4) is 0 Å². The Balaban J connectivity index is 1.63. The standard InChI is InChI=1S/C17H18N4O2S/c18-17-19-13-12(9-24-14(13)15(22)20-17)16(23)21-7-5-10-3-1-2-4-11(10)6-8-21/h1,3,9H,2,4-8H2,(H3,18,19,20,22). The van der Waals surface area contributed by atoms with Crippen LogP contribution in [0.2, 0.25) is 0 Å². The van der Waals surface area contributed by atoms with E-state index in [2.05, 4.69) is 22.1 Å². The number of aromatic nitrogens is 2. The summed E-state index contributed by atoms with van der Waals surface area (Å²) in [6.07, 6.45) is 8.41. The molecule has 1 amide bonds. The molecule has 2 aliphatic rings. The van der Waals surface area contributed by atoms with Gasteiger partial charge in [-0.05, 0) is 31.3 Å². The summed E-state index contributed by atoms with van der Waals surface area (Å²) >= 11 is 1.24. The predicted molar refractivity (Wildman–Crippen MR) is 95.2 cm³/mol. The summed E-state index contributed by atoms with van der Waals surface area (Å²) < 4.78 is 0.447. The Morgan fingerprint density at radius 2 is 2.12 bits per heavy atom. The van der Waals surface area contributed by atoms with Gasteiger partial charge in [0.2, 0.25) is 5.95 Å². The lowest BCUT2D eigenvalue weighted by Gasteiger charge is -2.20. The first kappa shape index (κ1) is 15.1. The molecule has 0 unspecified atom stereocenters. The van der Waals surface area contributed by atoms with Crippen LogP contribution in [-0.4, -0.2) is 33.9 Å². The number of rotatable bonds is 1. The van der Waals surface area contributed by atoms with Crippen molar-refractivity contribution in [1.29, 1.82) is 0 Å². The van der Waals surface area contributed by atoms with Crippen molar-refractivity contribution in [1.82, 2.24) is 14.9 Å². The van der Waals surface area contributed by atoms with Crippen molar-refractivity contribution in [2.24, 2.45) is 0 Å². The molecule has 0 fully saturated rings. The van der Waals surface area contributed by atoms with Gasteiger partial charge in [-0.1, -0.05) is 17.7 Å². The van der Waals surface area contributed by atoms with E-state index in [0.29, 0.717) is 28.9 Å². The second-order valence-electron chi connectivity index (χ2n) is 6.14. The molecule has 2 aromatic heterocycles. The predicted octanol–water partition coefficient (Wildman–Crippen LogP) is 2.45. The first-order valence-electron chi connectivity index (χ1n) is 8.07. The van der Waals surface area contributed by atoms with Crippen LogP contribution in [0.25, 0.3) is 10.2 Å². The highest BCUT2D eigenvalue weighted by Crippen LogP contribution is 2.29. The lowest BCUT2D eigenvalue weighted by molar-refractivity contribution is 0.0765.